The first-order chi connectivity index (χ1) is 12.6. The van der Waals surface area contributed by atoms with Crippen LogP contribution < -0.4 is 9.47 Å². The molecule has 0 atom stereocenters. The van der Waals surface area contributed by atoms with E-state index in [-0.39, 0.29) is 12.6 Å². The van der Waals surface area contributed by atoms with Gasteiger partial charge in [0.05, 0.1) is 30.5 Å². The molecule has 0 saturated carbocycles. The molecule has 0 spiro atoms. The van der Waals surface area contributed by atoms with Crippen molar-refractivity contribution in [1.82, 2.24) is 4.98 Å². The van der Waals surface area contributed by atoms with E-state index in [2.05, 4.69) is 4.98 Å². The average molecular weight is 351 g/mol. The van der Waals surface area contributed by atoms with Crippen LogP contribution in [0.3, 0.4) is 0 Å². The lowest BCUT2D eigenvalue weighted by molar-refractivity contribution is 0.0522. The first-order valence-corrected chi connectivity index (χ1v) is 8.46. The number of methoxy groups -OCH3 is 1. The van der Waals surface area contributed by atoms with Crippen molar-refractivity contribution in [3.05, 3.63) is 65.4 Å². The van der Waals surface area contributed by atoms with E-state index in [4.69, 9.17) is 14.2 Å². The van der Waals surface area contributed by atoms with Gasteiger partial charge in [-0.05, 0) is 49.7 Å². The predicted octanol–water partition coefficient (Wildman–Crippen LogP) is 4.31. The van der Waals surface area contributed by atoms with Gasteiger partial charge in [-0.25, -0.2) is 9.78 Å². The van der Waals surface area contributed by atoms with Crippen LogP contribution in [0.15, 0.2) is 48.5 Å². The molecule has 5 nitrogen and oxygen atoms in total. The summed E-state index contributed by atoms with van der Waals surface area (Å²) in [6.07, 6.45) is 0. The number of ether oxygens (including phenoxy) is 3. The molecule has 3 rings (SSSR count). The van der Waals surface area contributed by atoms with E-state index in [1.807, 2.05) is 55.5 Å². The third-order valence-corrected chi connectivity index (χ3v) is 4.14. The maximum Gasteiger partial charge on any atom is 0.340 e. The number of fused-ring (bicyclic) bond motifs is 1. The monoisotopic (exact) mass is 351 g/mol. The molecular weight excluding hydrogens is 330 g/mol. The maximum absolute atomic E-state index is 12.5. The minimum atomic E-state index is -0.378. The third-order valence-electron chi connectivity index (χ3n) is 4.14. The normalized spacial score (nSPS) is 10.6. The highest BCUT2D eigenvalue weighted by Gasteiger charge is 2.20. The number of aryl methyl sites for hydroxylation is 1. The summed E-state index contributed by atoms with van der Waals surface area (Å²) in [6.45, 7) is 4.18. The fourth-order valence-electron chi connectivity index (χ4n) is 2.84. The summed E-state index contributed by atoms with van der Waals surface area (Å²) >= 11 is 0. The number of carbonyl (C=O) groups is 1. The summed E-state index contributed by atoms with van der Waals surface area (Å²) in [5.41, 5.74) is 2.71. The van der Waals surface area contributed by atoms with Gasteiger partial charge in [-0.2, -0.15) is 0 Å². The summed E-state index contributed by atoms with van der Waals surface area (Å²) in [5.74, 6) is 1.05. The summed E-state index contributed by atoms with van der Waals surface area (Å²) in [5, 5.41) is 0.934. The second-order valence-corrected chi connectivity index (χ2v) is 5.76. The van der Waals surface area contributed by atoms with Gasteiger partial charge in [0.2, 0.25) is 0 Å². The Morgan fingerprint density at radius 3 is 2.42 bits per heavy atom. The van der Waals surface area contributed by atoms with E-state index < -0.39 is 0 Å². The van der Waals surface area contributed by atoms with E-state index in [1.54, 1.807) is 14.0 Å². The molecule has 0 aliphatic carbocycles. The third kappa shape index (κ3) is 3.61. The number of pyridine rings is 1. The Kier molecular flexibility index (Phi) is 5.37. The zero-order valence-electron chi connectivity index (χ0n) is 15.1. The Hall–Kier alpha value is -3.08. The van der Waals surface area contributed by atoms with Crippen molar-refractivity contribution in [2.24, 2.45) is 0 Å². The second kappa shape index (κ2) is 7.87. The Bertz CT molecular complexity index is 919. The highest BCUT2D eigenvalue weighted by atomic mass is 16.5. The number of carbonyl (C=O) groups excluding carboxylic acids is 1. The molecule has 134 valence electrons. The lowest BCUT2D eigenvalue weighted by atomic mass is 10.0. The Morgan fingerprint density at radius 2 is 1.73 bits per heavy atom. The molecule has 0 saturated heterocycles. The molecular formula is C21H21NO4. The van der Waals surface area contributed by atoms with E-state index in [0.717, 1.165) is 22.2 Å². The molecule has 0 aliphatic heterocycles. The number of nitrogens with zero attached hydrogens (tertiary/aromatic N) is 1. The number of aromatic nitrogens is 1. The maximum atomic E-state index is 12.5. The van der Waals surface area contributed by atoms with Crippen LogP contribution in [0.2, 0.25) is 0 Å². The number of rotatable bonds is 6. The van der Waals surface area contributed by atoms with Gasteiger partial charge >= 0.3 is 5.97 Å². The van der Waals surface area contributed by atoms with E-state index in [0.29, 0.717) is 23.6 Å². The Labute approximate surface area is 152 Å². The molecule has 1 aromatic heterocycles. The molecule has 2 aromatic carbocycles. The Balaban J connectivity index is 1.96. The van der Waals surface area contributed by atoms with E-state index in [9.17, 15) is 4.79 Å². The lowest BCUT2D eigenvalue weighted by Gasteiger charge is -2.14. The van der Waals surface area contributed by atoms with Crippen molar-refractivity contribution in [3.63, 3.8) is 0 Å². The van der Waals surface area contributed by atoms with Crippen LogP contribution in [-0.4, -0.2) is 24.7 Å². The van der Waals surface area contributed by atoms with Crippen LogP contribution in [-0.2, 0) is 11.3 Å². The number of benzene rings is 2. The largest absolute Gasteiger partial charge is 0.497 e. The fraction of sp³-hybridized carbons (Fsp3) is 0.238. The van der Waals surface area contributed by atoms with Gasteiger partial charge in [0.25, 0.3) is 0 Å². The molecule has 0 fully saturated rings. The van der Waals surface area contributed by atoms with Crippen molar-refractivity contribution in [1.29, 1.82) is 0 Å². The molecule has 0 amide bonds. The predicted molar refractivity (Wildman–Crippen MR) is 99.8 cm³/mol. The van der Waals surface area contributed by atoms with Crippen LogP contribution in [0.5, 0.6) is 11.5 Å². The number of hydrogen-bond acceptors (Lipinski definition) is 5. The van der Waals surface area contributed by atoms with E-state index >= 15 is 0 Å². The molecule has 1 heterocycles. The smallest absolute Gasteiger partial charge is 0.340 e. The Morgan fingerprint density at radius 1 is 1.04 bits per heavy atom. The first kappa shape index (κ1) is 17.7. The topological polar surface area (TPSA) is 57.7 Å². The van der Waals surface area contributed by atoms with Gasteiger partial charge in [-0.15, -0.1) is 0 Å². The van der Waals surface area contributed by atoms with Crippen molar-refractivity contribution >= 4 is 16.9 Å². The van der Waals surface area contributed by atoms with Crippen molar-refractivity contribution in [3.8, 4) is 11.5 Å². The minimum Gasteiger partial charge on any atom is -0.497 e. The second-order valence-electron chi connectivity index (χ2n) is 5.76. The molecule has 26 heavy (non-hydrogen) atoms. The van der Waals surface area contributed by atoms with Gasteiger partial charge in [-0.3, -0.25) is 0 Å². The summed E-state index contributed by atoms with van der Waals surface area (Å²) in [6, 6.07) is 15.0. The van der Waals surface area contributed by atoms with Gasteiger partial charge in [0, 0.05) is 5.39 Å². The van der Waals surface area contributed by atoms with Crippen LogP contribution in [0, 0.1) is 6.92 Å². The fourth-order valence-corrected chi connectivity index (χ4v) is 2.84. The van der Waals surface area contributed by atoms with Crippen molar-refractivity contribution < 1.29 is 19.0 Å². The zero-order chi connectivity index (χ0) is 18.5. The molecule has 0 bridgehead atoms. The van der Waals surface area contributed by atoms with Gasteiger partial charge in [0.15, 0.2) is 0 Å². The molecule has 0 unspecified atom stereocenters. The quantitative estimate of drug-likeness (QED) is 0.620. The summed E-state index contributed by atoms with van der Waals surface area (Å²) < 4.78 is 16.2. The number of para-hydroxylation sites is 1. The number of hydrogen-bond donors (Lipinski definition) is 0. The van der Waals surface area contributed by atoms with Gasteiger partial charge in [-0.1, -0.05) is 18.2 Å². The van der Waals surface area contributed by atoms with Crippen LogP contribution >= 0.6 is 0 Å². The van der Waals surface area contributed by atoms with Crippen molar-refractivity contribution in [2.45, 2.75) is 20.5 Å². The summed E-state index contributed by atoms with van der Waals surface area (Å²) in [4.78, 5) is 17.1. The average Bonchev–Trinajstić information content (AvgIpc) is 2.67. The minimum absolute atomic E-state index is 0.173. The summed E-state index contributed by atoms with van der Waals surface area (Å²) in [7, 11) is 1.61. The molecule has 3 aromatic rings. The molecule has 0 aliphatic rings. The van der Waals surface area contributed by atoms with E-state index in [1.165, 1.54) is 0 Å². The molecule has 0 N–H and O–H groups in total. The van der Waals surface area contributed by atoms with Crippen LogP contribution in [0.4, 0.5) is 0 Å². The lowest BCUT2D eigenvalue weighted by Crippen LogP contribution is -2.14. The highest BCUT2D eigenvalue weighted by molar-refractivity contribution is 5.98. The highest BCUT2D eigenvalue weighted by Crippen LogP contribution is 2.25. The standard InChI is InChI=1S/C21H21NO4/c1-4-25-21(23)20-14(2)17-7-5-6-8-18(17)22-19(20)13-26-16-11-9-15(24-3)10-12-16/h5-12H,4,13H2,1-3H3. The number of esters is 1. The van der Waals surface area contributed by atoms with Gasteiger partial charge in [0.1, 0.15) is 18.1 Å². The SMILES string of the molecule is CCOC(=O)c1c(COc2ccc(OC)cc2)nc2ccccc2c1C. The van der Waals surface area contributed by atoms with Gasteiger partial charge < -0.3 is 14.2 Å². The first-order valence-electron chi connectivity index (χ1n) is 8.46. The van der Waals surface area contributed by atoms with Crippen LogP contribution in [0.1, 0.15) is 28.5 Å². The van der Waals surface area contributed by atoms with Crippen molar-refractivity contribution in [2.75, 3.05) is 13.7 Å². The molecule has 5 heteroatoms. The molecule has 0 radical (unpaired) electrons. The zero-order valence-corrected chi connectivity index (χ0v) is 15.1. The van der Waals surface area contributed by atoms with Crippen LogP contribution in [0.25, 0.3) is 10.9 Å².